The minimum atomic E-state index is -1.27. The zero-order valence-electron chi connectivity index (χ0n) is 11.3. The van der Waals surface area contributed by atoms with E-state index < -0.39 is 5.97 Å². The van der Waals surface area contributed by atoms with Crippen molar-refractivity contribution < 1.29 is 33.2 Å². The van der Waals surface area contributed by atoms with E-state index >= 15 is 0 Å². The summed E-state index contributed by atoms with van der Waals surface area (Å²) >= 11 is 0. The van der Waals surface area contributed by atoms with E-state index in [4.69, 9.17) is 0 Å². The molecule has 0 aliphatic heterocycles. The van der Waals surface area contributed by atoms with Gasteiger partial charge in [-0.15, -0.1) is 0 Å². The molecule has 1 aromatic carbocycles. The van der Waals surface area contributed by atoms with E-state index in [1.54, 1.807) is 12.1 Å². The number of pyridine rings is 1. The van der Waals surface area contributed by atoms with E-state index in [1.165, 1.54) is 30.6 Å². The third-order valence-electron chi connectivity index (χ3n) is 2.78. The molecular formula is C14H12FLiN2O2. The van der Waals surface area contributed by atoms with Gasteiger partial charge in [-0.3, -0.25) is 4.98 Å². The Balaban J connectivity index is 0.00000200. The predicted molar refractivity (Wildman–Crippen MR) is 67.0 cm³/mol. The number of hydrogen-bond donors (Lipinski definition) is 1. The summed E-state index contributed by atoms with van der Waals surface area (Å²) in [6.07, 6.45) is 2.81. The van der Waals surface area contributed by atoms with Crippen molar-refractivity contribution in [3.63, 3.8) is 0 Å². The first kappa shape index (κ1) is 16.2. The molecule has 6 heteroatoms. The van der Waals surface area contributed by atoms with Gasteiger partial charge in [0.25, 0.3) is 0 Å². The van der Waals surface area contributed by atoms with Crippen LogP contribution in [-0.2, 0) is 0 Å². The SMILES string of the molecule is C[C@@H](Nc1cnccc1C(=O)[O-])c1ccc(F)cc1.[Li+]. The fourth-order valence-electron chi connectivity index (χ4n) is 1.76. The van der Waals surface area contributed by atoms with Gasteiger partial charge in [0.2, 0.25) is 0 Å². The third-order valence-corrected chi connectivity index (χ3v) is 2.78. The fourth-order valence-corrected chi connectivity index (χ4v) is 1.76. The molecule has 1 heterocycles. The second-order valence-corrected chi connectivity index (χ2v) is 4.13. The number of nitrogens with one attached hydrogen (secondary N) is 1. The fraction of sp³-hybridized carbons (Fsp3) is 0.143. The number of carbonyl (C=O) groups is 1. The number of hydrogen-bond acceptors (Lipinski definition) is 4. The van der Waals surface area contributed by atoms with Crippen molar-refractivity contribution in [3.05, 3.63) is 59.7 Å². The van der Waals surface area contributed by atoms with E-state index in [9.17, 15) is 14.3 Å². The number of carboxylic acid groups (broad SMARTS) is 1. The van der Waals surface area contributed by atoms with Gasteiger partial charge in [0.1, 0.15) is 5.82 Å². The Labute approximate surface area is 128 Å². The number of aromatic carboxylic acids is 1. The summed E-state index contributed by atoms with van der Waals surface area (Å²) in [5.41, 5.74) is 1.26. The van der Waals surface area contributed by atoms with E-state index in [0.29, 0.717) is 5.69 Å². The second kappa shape index (κ2) is 7.08. The smallest absolute Gasteiger partial charge is 0.545 e. The molecule has 0 saturated carbocycles. The first-order valence-corrected chi connectivity index (χ1v) is 5.75. The van der Waals surface area contributed by atoms with Crippen LogP contribution in [0.5, 0.6) is 0 Å². The Kier molecular flexibility index (Phi) is 5.75. The van der Waals surface area contributed by atoms with E-state index in [2.05, 4.69) is 10.3 Å². The maximum Gasteiger partial charge on any atom is 1.00 e. The molecule has 20 heavy (non-hydrogen) atoms. The van der Waals surface area contributed by atoms with Crippen molar-refractivity contribution in [1.29, 1.82) is 0 Å². The van der Waals surface area contributed by atoms with Gasteiger partial charge < -0.3 is 15.2 Å². The van der Waals surface area contributed by atoms with Crippen LogP contribution in [0, 0.1) is 5.82 Å². The van der Waals surface area contributed by atoms with Gasteiger partial charge in [0.05, 0.1) is 17.9 Å². The van der Waals surface area contributed by atoms with Gasteiger partial charge in [0, 0.05) is 17.8 Å². The number of halogens is 1. The van der Waals surface area contributed by atoms with Crippen LogP contribution in [0.15, 0.2) is 42.7 Å². The second-order valence-electron chi connectivity index (χ2n) is 4.13. The van der Waals surface area contributed by atoms with Crippen LogP contribution < -0.4 is 29.3 Å². The van der Waals surface area contributed by atoms with Crippen LogP contribution in [0.3, 0.4) is 0 Å². The monoisotopic (exact) mass is 266 g/mol. The maximum absolute atomic E-state index is 12.8. The molecule has 0 bridgehead atoms. The molecule has 0 aliphatic carbocycles. The van der Waals surface area contributed by atoms with Crippen molar-refractivity contribution >= 4 is 11.7 Å². The van der Waals surface area contributed by atoms with Gasteiger partial charge in [0.15, 0.2) is 0 Å². The summed E-state index contributed by atoms with van der Waals surface area (Å²) in [5, 5.41) is 14.0. The van der Waals surface area contributed by atoms with Crippen molar-refractivity contribution in [2.45, 2.75) is 13.0 Å². The van der Waals surface area contributed by atoms with Gasteiger partial charge in [-0.2, -0.15) is 0 Å². The summed E-state index contributed by atoms with van der Waals surface area (Å²) in [7, 11) is 0. The van der Waals surface area contributed by atoms with Crippen molar-refractivity contribution in [3.8, 4) is 0 Å². The number of aromatic nitrogens is 1. The number of nitrogens with zero attached hydrogens (tertiary/aromatic N) is 1. The van der Waals surface area contributed by atoms with Crippen LogP contribution in [0.25, 0.3) is 0 Å². The number of carboxylic acids is 1. The predicted octanol–water partition coefficient (Wildman–Crippen LogP) is -1.24. The number of anilines is 1. The standard InChI is InChI=1S/C14H13FN2O2.Li/c1-9(10-2-4-11(15)5-3-10)17-13-8-16-7-6-12(13)14(18)19;/h2-9,17H,1H3,(H,18,19);/q;+1/p-1/t9-;/m1./s1. The average molecular weight is 266 g/mol. The molecule has 0 saturated heterocycles. The Morgan fingerprint density at radius 2 is 1.95 bits per heavy atom. The van der Waals surface area contributed by atoms with Crippen LogP contribution >= 0.6 is 0 Å². The molecule has 0 aliphatic rings. The Hall–Kier alpha value is -1.83. The zero-order chi connectivity index (χ0) is 13.8. The maximum atomic E-state index is 12.8. The Morgan fingerprint density at radius 1 is 1.30 bits per heavy atom. The van der Waals surface area contributed by atoms with Gasteiger partial charge in [-0.25, -0.2) is 4.39 Å². The van der Waals surface area contributed by atoms with Crippen LogP contribution in [0.1, 0.15) is 28.9 Å². The number of carbonyl (C=O) groups excluding carboxylic acids is 1. The van der Waals surface area contributed by atoms with Crippen LogP contribution in [-0.4, -0.2) is 11.0 Å². The molecule has 1 atom stereocenters. The average Bonchev–Trinajstić information content (AvgIpc) is 2.39. The van der Waals surface area contributed by atoms with E-state index in [0.717, 1.165) is 5.56 Å². The molecule has 98 valence electrons. The minimum absolute atomic E-state index is 0. The van der Waals surface area contributed by atoms with Crippen molar-refractivity contribution in [2.75, 3.05) is 5.32 Å². The molecule has 0 amide bonds. The van der Waals surface area contributed by atoms with Crippen molar-refractivity contribution in [1.82, 2.24) is 4.98 Å². The number of benzene rings is 1. The van der Waals surface area contributed by atoms with Crippen LogP contribution in [0.2, 0.25) is 0 Å². The van der Waals surface area contributed by atoms with E-state index in [-0.39, 0.29) is 36.3 Å². The summed E-state index contributed by atoms with van der Waals surface area (Å²) in [6.45, 7) is 1.85. The van der Waals surface area contributed by atoms with E-state index in [1.807, 2.05) is 6.92 Å². The minimum Gasteiger partial charge on any atom is -0.545 e. The normalized spacial score (nSPS) is 11.3. The molecule has 0 spiro atoms. The summed E-state index contributed by atoms with van der Waals surface area (Å²) in [6, 6.07) is 7.19. The summed E-state index contributed by atoms with van der Waals surface area (Å²) in [5.74, 6) is -1.58. The van der Waals surface area contributed by atoms with Crippen LogP contribution in [0.4, 0.5) is 10.1 Å². The molecule has 1 N–H and O–H groups in total. The first-order chi connectivity index (χ1) is 9.08. The topological polar surface area (TPSA) is 65.0 Å². The van der Waals surface area contributed by atoms with Gasteiger partial charge in [-0.05, 0) is 30.7 Å². The first-order valence-electron chi connectivity index (χ1n) is 5.75. The van der Waals surface area contributed by atoms with Gasteiger partial charge in [-0.1, -0.05) is 12.1 Å². The van der Waals surface area contributed by atoms with Gasteiger partial charge >= 0.3 is 18.9 Å². The summed E-state index contributed by atoms with van der Waals surface area (Å²) in [4.78, 5) is 14.8. The molecule has 1 aromatic heterocycles. The Morgan fingerprint density at radius 3 is 2.55 bits per heavy atom. The quantitative estimate of drug-likeness (QED) is 0.703. The molecule has 2 rings (SSSR count). The third kappa shape index (κ3) is 3.83. The largest absolute Gasteiger partial charge is 1.00 e. The molecule has 0 unspecified atom stereocenters. The van der Waals surface area contributed by atoms with Crippen molar-refractivity contribution in [2.24, 2.45) is 0 Å². The number of rotatable bonds is 4. The molecule has 4 nitrogen and oxygen atoms in total. The molecule has 0 fully saturated rings. The molecular weight excluding hydrogens is 254 g/mol. The summed E-state index contributed by atoms with van der Waals surface area (Å²) < 4.78 is 12.8. The molecule has 2 aromatic rings. The Bertz CT molecular complexity index is 590. The zero-order valence-corrected chi connectivity index (χ0v) is 11.3. The molecule has 0 radical (unpaired) electrons.